The van der Waals surface area contributed by atoms with Crippen molar-refractivity contribution < 1.29 is 4.79 Å². The lowest BCUT2D eigenvalue weighted by atomic mass is 10.1. The van der Waals surface area contributed by atoms with Gasteiger partial charge in [-0.1, -0.05) is 12.8 Å². The van der Waals surface area contributed by atoms with Crippen LogP contribution in [-0.4, -0.2) is 15.5 Å². The minimum absolute atomic E-state index is 0.207. The van der Waals surface area contributed by atoms with Gasteiger partial charge in [0.2, 0.25) is 0 Å². The summed E-state index contributed by atoms with van der Waals surface area (Å²) in [6.45, 7) is 0. The van der Waals surface area contributed by atoms with Gasteiger partial charge in [0, 0.05) is 41.2 Å². The molecular formula is C20H18N4O. The van der Waals surface area contributed by atoms with E-state index in [9.17, 15) is 10.1 Å². The van der Waals surface area contributed by atoms with Gasteiger partial charge < -0.3 is 9.88 Å². The Kier molecular flexibility index (Phi) is 3.95. The number of nitrogens with zero attached hydrogens (tertiary/aromatic N) is 3. The smallest absolute Gasteiger partial charge is 0.257 e. The van der Waals surface area contributed by atoms with Crippen LogP contribution in [0.1, 0.15) is 47.6 Å². The first kappa shape index (κ1) is 15.4. The van der Waals surface area contributed by atoms with Gasteiger partial charge in [-0.3, -0.25) is 9.78 Å². The number of hydrogen-bond acceptors (Lipinski definition) is 3. The molecule has 0 aliphatic heterocycles. The van der Waals surface area contributed by atoms with Crippen LogP contribution in [-0.2, 0) is 0 Å². The Labute approximate surface area is 145 Å². The van der Waals surface area contributed by atoms with Gasteiger partial charge in [0.15, 0.2) is 0 Å². The molecule has 0 radical (unpaired) electrons. The number of fused-ring (bicyclic) bond motifs is 1. The summed E-state index contributed by atoms with van der Waals surface area (Å²) in [5.41, 5.74) is 2.90. The third kappa shape index (κ3) is 2.87. The van der Waals surface area contributed by atoms with Gasteiger partial charge in [-0.05, 0) is 43.2 Å². The maximum atomic E-state index is 12.3. The molecule has 1 aromatic carbocycles. The minimum Gasteiger partial charge on any atom is -0.343 e. The zero-order chi connectivity index (χ0) is 17.2. The molecule has 25 heavy (non-hydrogen) atoms. The first-order valence-electron chi connectivity index (χ1n) is 8.52. The third-order valence-electron chi connectivity index (χ3n) is 4.85. The average molecular weight is 330 g/mol. The molecule has 5 nitrogen and oxygen atoms in total. The van der Waals surface area contributed by atoms with Gasteiger partial charge >= 0.3 is 0 Å². The van der Waals surface area contributed by atoms with Gasteiger partial charge in [0.1, 0.15) is 6.07 Å². The monoisotopic (exact) mass is 330 g/mol. The second kappa shape index (κ2) is 6.40. The van der Waals surface area contributed by atoms with Crippen LogP contribution >= 0.6 is 0 Å². The minimum atomic E-state index is -0.207. The number of benzene rings is 1. The fraction of sp³-hybridized carbons (Fsp3) is 0.250. The standard InChI is InChI=1S/C20H18N4O/c21-11-15-13-24(17-5-1-2-6-17)19-8-7-16(10-18(15)19)23-20(25)14-4-3-9-22-12-14/h3-4,7-10,12-13,17H,1-2,5-6H2,(H,23,25). The summed E-state index contributed by atoms with van der Waals surface area (Å²) in [5, 5.41) is 13.3. The maximum Gasteiger partial charge on any atom is 0.257 e. The summed E-state index contributed by atoms with van der Waals surface area (Å²) in [5.74, 6) is -0.207. The molecule has 0 unspecified atom stereocenters. The first-order chi connectivity index (χ1) is 12.3. The number of nitrogens with one attached hydrogen (secondary N) is 1. The number of pyridine rings is 1. The summed E-state index contributed by atoms with van der Waals surface area (Å²) in [6.07, 6.45) is 9.92. The third-order valence-corrected chi connectivity index (χ3v) is 4.85. The largest absolute Gasteiger partial charge is 0.343 e. The number of aromatic nitrogens is 2. The molecule has 0 saturated heterocycles. The van der Waals surface area contributed by atoms with Crippen molar-refractivity contribution >= 4 is 22.5 Å². The lowest BCUT2D eigenvalue weighted by Crippen LogP contribution is -2.12. The molecule has 1 saturated carbocycles. The van der Waals surface area contributed by atoms with Crippen molar-refractivity contribution in [3.05, 3.63) is 60.0 Å². The molecule has 0 spiro atoms. The zero-order valence-electron chi connectivity index (χ0n) is 13.8. The fourth-order valence-corrected chi connectivity index (χ4v) is 3.61. The van der Waals surface area contributed by atoms with E-state index in [1.165, 1.54) is 19.0 Å². The first-order valence-corrected chi connectivity index (χ1v) is 8.52. The van der Waals surface area contributed by atoms with Gasteiger partial charge in [-0.15, -0.1) is 0 Å². The molecule has 0 bridgehead atoms. The normalized spacial score (nSPS) is 14.5. The highest BCUT2D eigenvalue weighted by Crippen LogP contribution is 2.35. The van der Waals surface area contributed by atoms with Gasteiger partial charge in [-0.25, -0.2) is 0 Å². The van der Waals surface area contributed by atoms with Crippen LogP contribution < -0.4 is 5.32 Å². The van der Waals surface area contributed by atoms with Crippen LogP contribution in [0.3, 0.4) is 0 Å². The SMILES string of the molecule is N#Cc1cn(C2CCCC2)c2ccc(NC(=O)c3cccnc3)cc12. The van der Waals surface area contributed by atoms with Crippen molar-refractivity contribution in [1.82, 2.24) is 9.55 Å². The maximum absolute atomic E-state index is 12.3. The highest BCUT2D eigenvalue weighted by Gasteiger charge is 2.20. The number of hydrogen-bond donors (Lipinski definition) is 1. The lowest BCUT2D eigenvalue weighted by molar-refractivity contribution is 0.102. The molecule has 5 heteroatoms. The molecule has 2 aromatic heterocycles. The van der Waals surface area contributed by atoms with Crippen molar-refractivity contribution in [3.8, 4) is 6.07 Å². The van der Waals surface area contributed by atoms with E-state index in [4.69, 9.17) is 0 Å². The number of amides is 1. The predicted octanol–water partition coefficient (Wildman–Crippen LogP) is 4.28. The molecule has 3 aromatic rings. The van der Waals surface area contributed by atoms with Crippen LogP contribution in [0.4, 0.5) is 5.69 Å². The molecule has 124 valence electrons. The molecule has 1 fully saturated rings. The van der Waals surface area contributed by atoms with Crippen molar-refractivity contribution in [2.24, 2.45) is 0 Å². The highest BCUT2D eigenvalue weighted by molar-refractivity contribution is 6.05. The van der Waals surface area contributed by atoms with E-state index < -0.39 is 0 Å². The molecule has 1 N–H and O–H groups in total. The van der Waals surface area contributed by atoms with Crippen LogP contribution in [0.15, 0.2) is 48.9 Å². The fourth-order valence-electron chi connectivity index (χ4n) is 3.61. The second-order valence-corrected chi connectivity index (χ2v) is 6.43. The average Bonchev–Trinajstić information content (AvgIpc) is 3.29. The lowest BCUT2D eigenvalue weighted by Gasteiger charge is -2.13. The summed E-state index contributed by atoms with van der Waals surface area (Å²) in [6, 6.07) is 12.0. The molecule has 4 rings (SSSR count). The van der Waals surface area contributed by atoms with Crippen molar-refractivity contribution in [2.45, 2.75) is 31.7 Å². The molecule has 0 atom stereocenters. The summed E-state index contributed by atoms with van der Waals surface area (Å²) in [7, 11) is 0. The van der Waals surface area contributed by atoms with E-state index in [2.05, 4.69) is 20.9 Å². The number of carbonyl (C=O) groups is 1. The van der Waals surface area contributed by atoms with Crippen molar-refractivity contribution in [2.75, 3.05) is 5.32 Å². The molecule has 2 heterocycles. The van der Waals surface area contributed by atoms with Gasteiger partial charge in [-0.2, -0.15) is 5.26 Å². The van der Waals surface area contributed by atoms with E-state index in [1.807, 2.05) is 24.4 Å². The Morgan fingerprint density at radius 1 is 1.28 bits per heavy atom. The summed E-state index contributed by atoms with van der Waals surface area (Å²) >= 11 is 0. The second-order valence-electron chi connectivity index (χ2n) is 6.43. The van der Waals surface area contributed by atoms with E-state index in [1.54, 1.807) is 18.3 Å². The summed E-state index contributed by atoms with van der Waals surface area (Å²) in [4.78, 5) is 16.3. The predicted molar refractivity (Wildman–Crippen MR) is 96.3 cm³/mol. The van der Waals surface area contributed by atoms with Gasteiger partial charge in [0.05, 0.1) is 11.1 Å². The number of nitriles is 1. The van der Waals surface area contributed by atoms with Crippen LogP contribution in [0.2, 0.25) is 0 Å². The van der Waals surface area contributed by atoms with Gasteiger partial charge in [0.25, 0.3) is 5.91 Å². The number of anilines is 1. The van der Waals surface area contributed by atoms with E-state index in [0.717, 1.165) is 23.7 Å². The Hall–Kier alpha value is -3.13. The molecule has 1 aliphatic rings. The highest BCUT2D eigenvalue weighted by atomic mass is 16.1. The zero-order valence-corrected chi connectivity index (χ0v) is 13.8. The summed E-state index contributed by atoms with van der Waals surface area (Å²) < 4.78 is 2.23. The number of carbonyl (C=O) groups excluding carboxylic acids is 1. The molecule has 1 aliphatic carbocycles. The topological polar surface area (TPSA) is 70.7 Å². The molecule has 1 amide bonds. The molecular weight excluding hydrogens is 312 g/mol. The van der Waals surface area contributed by atoms with E-state index in [-0.39, 0.29) is 5.91 Å². The van der Waals surface area contributed by atoms with Crippen LogP contribution in [0.25, 0.3) is 10.9 Å². The van der Waals surface area contributed by atoms with Crippen molar-refractivity contribution in [3.63, 3.8) is 0 Å². The van der Waals surface area contributed by atoms with Crippen LogP contribution in [0.5, 0.6) is 0 Å². The van der Waals surface area contributed by atoms with Crippen LogP contribution in [0, 0.1) is 11.3 Å². The van der Waals surface area contributed by atoms with E-state index in [0.29, 0.717) is 22.9 Å². The van der Waals surface area contributed by atoms with E-state index >= 15 is 0 Å². The Bertz CT molecular complexity index is 963. The Morgan fingerprint density at radius 2 is 2.12 bits per heavy atom. The van der Waals surface area contributed by atoms with Crippen molar-refractivity contribution in [1.29, 1.82) is 5.26 Å². The Morgan fingerprint density at radius 3 is 2.84 bits per heavy atom. The number of rotatable bonds is 3. The quantitative estimate of drug-likeness (QED) is 0.779. The Balaban J connectivity index is 1.68.